The summed E-state index contributed by atoms with van der Waals surface area (Å²) in [5, 5.41) is 9.19. The molecule has 2 aromatic heterocycles. The fourth-order valence-corrected chi connectivity index (χ4v) is 8.36. The van der Waals surface area contributed by atoms with Crippen LogP contribution in [0.2, 0.25) is 0 Å². The van der Waals surface area contributed by atoms with Crippen molar-refractivity contribution in [2.45, 2.75) is 0 Å². The van der Waals surface area contributed by atoms with Crippen molar-refractivity contribution >= 4 is 65.4 Å². The number of hydrogen-bond acceptors (Lipinski definition) is 2. The maximum Gasteiger partial charge on any atom is 0.147 e. The molecule has 0 saturated heterocycles. The van der Waals surface area contributed by atoms with E-state index in [2.05, 4.69) is 158 Å². The van der Waals surface area contributed by atoms with Crippen LogP contribution in [-0.4, -0.2) is 0 Å². The Bertz CT molecular complexity index is 3120. The first kappa shape index (κ1) is 28.9. The molecular weight excluding hydrogens is 633 g/mol. The highest BCUT2D eigenvalue weighted by Crippen LogP contribution is 2.47. The van der Waals surface area contributed by atoms with Crippen molar-refractivity contribution in [2.75, 3.05) is 0 Å². The van der Waals surface area contributed by atoms with Crippen molar-refractivity contribution in [3.63, 3.8) is 0 Å². The summed E-state index contributed by atoms with van der Waals surface area (Å²) < 4.78 is 13.2. The molecule has 0 spiro atoms. The molecule has 0 radical (unpaired) electrons. The van der Waals surface area contributed by atoms with Crippen LogP contribution in [0.15, 0.2) is 191 Å². The van der Waals surface area contributed by atoms with E-state index in [4.69, 9.17) is 8.83 Å². The number of benzene rings is 9. The Kier molecular flexibility index (Phi) is 6.28. The molecule has 0 atom stereocenters. The Morgan fingerprint density at radius 3 is 1.35 bits per heavy atom. The van der Waals surface area contributed by atoms with Crippen LogP contribution in [0.3, 0.4) is 0 Å². The van der Waals surface area contributed by atoms with Gasteiger partial charge in [-0.05, 0) is 90.8 Å². The van der Waals surface area contributed by atoms with E-state index in [9.17, 15) is 0 Å². The van der Waals surface area contributed by atoms with E-state index in [1.165, 1.54) is 49.4 Å². The van der Waals surface area contributed by atoms with Crippen LogP contribution in [0, 0.1) is 0 Å². The average Bonchev–Trinajstić information content (AvgIpc) is 3.79. The molecule has 11 aromatic rings. The molecular formula is C50H30O2. The van der Waals surface area contributed by atoms with E-state index in [0.29, 0.717) is 0 Å². The van der Waals surface area contributed by atoms with E-state index in [1.54, 1.807) is 0 Å². The zero-order chi connectivity index (χ0) is 34.2. The van der Waals surface area contributed by atoms with E-state index >= 15 is 0 Å². The van der Waals surface area contributed by atoms with Gasteiger partial charge in [-0.15, -0.1) is 0 Å². The predicted molar refractivity (Wildman–Crippen MR) is 218 cm³/mol. The van der Waals surface area contributed by atoms with Crippen molar-refractivity contribution in [1.82, 2.24) is 0 Å². The van der Waals surface area contributed by atoms with Crippen LogP contribution < -0.4 is 0 Å². The van der Waals surface area contributed by atoms with E-state index in [-0.39, 0.29) is 0 Å². The normalized spacial score (nSPS) is 11.8. The average molecular weight is 663 g/mol. The summed E-state index contributed by atoms with van der Waals surface area (Å²) >= 11 is 0. The topological polar surface area (TPSA) is 26.3 Å². The zero-order valence-electron chi connectivity index (χ0n) is 28.1. The third kappa shape index (κ3) is 4.31. The van der Waals surface area contributed by atoms with Crippen LogP contribution in [0.1, 0.15) is 0 Å². The van der Waals surface area contributed by atoms with Crippen molar-refractivity contribution in [1.29, 1.82) is 0 Å². The Balaban J connectivity index is 1.17. The van der Waals surface area contributed by atoms with E-state index in [1.807, 2.05) is 24.3 Å². The van der Waals surface area contributed by atoms with Crippen LogP contribution in [0.4, 0.5) is 0 Å². The van der Waals surface area contributed by atoms with Gasteiger partial charge in [-0.1, -0.05) is 152 Å². The van der Waals surface area contributed by atoms with Crippen LogP contribution in [0.25, 0.3) is 110 Å². The third-order valence-corrected chi connectivity index (χ3v) is 10.6. The molecule has 2 heterocycles. The lowest BCUT2D eigenvalue weighted by molar-refractivity contribution is 0.663. The summed E-state index contributed by atoms with van der Waals surface area (Å²) in [6.07, 6.45) is 0. The molecule has 0 amide bonds. The first-order chi connectivity index (χ1) is 25.8. The lowest BCUT2D eigenvalue weighted by Gasteiger charge is -2.18. The fourth-order valence-electron chi connectivity index (χ4n) is 8.36. The largest absolute Gasteiger partial charge is 0.455 e. The van der Waals surface area contributed by atoms with Crippen LogP contribution in [-0.2, 0) is 0 Å². The van der Waals surface area contributed by atoms with Gasteiger partial charge in [0, 0.05) is 21.7 Å². The maximum absolute atomic E-state index is 6.67. The summed E-state index contributed by atoms with van der Waals surface area (Å²) in [6.45, 7) is 0. The fraction of sp³-hybridized carbons (Fsp3) is 0. The minimum absolute atomic E-state index is 0.841. The van der Waals surface area contributed by atoms with Gasteiger partial charge in [-0.3, -0.25) is 0 Å². The molecule has 2 nitrogen and oxygen atoms in total. The Labute approximate surface area is 299 Å². The summed E-state index contributed by atoms with van der Waals surface area (Å²) in [7, 11) is 0. The second kappa shape index (κ2) is 11.3. The SMILES string of the molecule is c1ccc(-c2cccc(-c3c4ccccc4c(-c4cccc(-c5cc6c7ccccc7oc6c6c5oc5ccccc56)c4)c4ccccc34)c2)cc1. The minimum atomic E-state index is 0.841. The number of rotatable bonds is 4. The monoisotopic (exact) mass is 662 g/mol. The molecule has 2 heteroatoms. The van der Waals surface area contributed by atoms with Crippen molar-refractivity contribution in [2.24, 2.45) is 0 Å². The molecule has 9 aromatic carbocycles. The second-order valence-corrected chi connectivity index (χ2v) is 13.6. The molecule has 0 bridgehead atoms. The van der Waals surface area contributed by atoms with E-state index in [0.717, 1.165) is 60.6 Å². The number of hydrogen-bond donors (Lipinski definition) is 0. The van der Waals surface area contributed by atoms with Gasteiger partial charge in [0.2, 0.25) is 0 Å². The summed E-state index contributed by atoms with van der Waals surface area (Å²) in [5.41, 5.74) is 12.9. The standard InChI is InChI=1S/C50H30O2/c1-2-14-31(15-3-1)32-16-12-18-34(28-32)46-37-21-4-6-23-39(37)47(40-24-7-5-22-38(40)46)35-19-13-17-33(29-35)42-30-43-36-20-8-10-26-44(36)51-50(43)48-41-25-9-11-27-45(41)52-49(42)48/h1-30H. The molecule has 0 saturated carbocycles. The molecule has 242 valence electrons. The van der Waals surface area contributed by atoms with Gasteiger partial charge in [-0.2, -0.15) is 0 Å². The Hall–Kier alpha value is -6.90. The van der Waals surface area contributed by atoms with Crippen molar-refractivity contribution in [3.8, 4) is 44.5 Å². The lowest BCUT2D eigenvalue weighted by Crippen LogP contribution is -1.91. The van der Waals surface area contributed by atoms with E-state index < -0.39 is 0 Å². The van der Waals surface area contributed by atoms with Gasteiger partial charge in [0.15, 0.2) is 0 Å². The van der Waals surface area contributed by atoms with Crippen molar-refractivity contribution in [3.05, 3.63) is 182 Å². The summed E-state index contributed by atoms with van der Waals surface area (Å²) in [4.78, 5) is 0. The quantitative estimate of drug-likeness (QED) is 0.175. The molecule has 11 rings (SSSR count). The van der Waals surface area contributed by atoms with Gasteiger partial charge >= 0.3 is 0 Å². The number of para-hydroxylation sites is 2. The second-order valence-electron chi connectivity index (χ2n) is 13.6. The van der Waals surface area contributed by atoms with Gasteiger partial charge in [-0.25, -0.2) is 0 Å². The van der Waals surface area contributed by atoms with Gasteiger partial charge < -0.3 is 8.83 Å². The highest BCUT2D eigenvalue weighted by molar-refractivity contribution is 6.26. The molecule has 0 fully saturated rings. The predicted octanol–water partition coefficient (Wildman–Crippen LogP) is 14.5. The van der Waals surface area contributed by atoms with Crippen molar-refractivity contribution < 1.29 is 8.83 Å². The number of fused-ring (bicyclic) bond motifs is 9. The Morgan fingerprint density at radius 2 is 0.712 bits per heavy atom. The minimum Gasteiger partial charge on any atom is -0.455 e. The summed E-state index contributed by atoms with van der Waals surface area (Å²) in [5.74, 6) is 0. The van der Waals surface area contributed by atoms with Gasteiger partial charge in [0.1, 0.15) is 22.3 Å². The van der Waals surface area contributed by atoms with Gasteiger partial charge in [0.05, 0.1) is 5.39 Å². The molecule has 0 N–H and O–H groups in total. The molecule has 0 aliphatic rings. The van der Waals surface area contributed by atoms with Crippen LogP contribution in [0.5, 0.6) is 0 Å². The maximum atomic E-state index is 6.67. The first-order valence-corrected chi connectivity index (χ1v) is 17.8. The van der Waals surface area contributed by atoms with Crippen LogP contribution >= 0.6 is 0 Å². The molecule has 52 heavy (non-hydrogen) atoms. The highest BCUT2D eigenvalue weighted by atomic mass is 16.3. The number of furan rings is 2. The molecule has 0 aliphatic carbocycles. The lowest BCUT2D eigenvalue weighted by atomic mass is 9.85. The Morgan fingerprint density at radius 1 is 0.269 bits per heavy atom. The zero-order valence-corrected chi connectivity index (χ0v) is 28.1. The highest BCUT2D eigenvalue weighted by Gasteiger charge is 2.22. The first-order valence-electron chi connectivity index (χ1n) is 17.8. The summed E-state index contributed by atoms with van der Waals surface area (Å²) in [6, 6.07) is 65.1. The third-order valence-electron chi connectivity index (χ3n) is 10.6. The smallest absolute Gasteiger partial charge is 0.147 e. The molecule has 0 aliphatic heterocycles. The van der Waals surface area contributed by atoms with Gasteiger partial charge in [0.25, 0.3) is 0 Å². The molecule has 0 unspecified atom stereocenters.